The molecular weight excluding hydrogens is 184 g/mol. The predicted octanol–water partition coefficient (Wildman–Crippen LogP) is 3.66. The SMILES string of the molecule is C(=C\c1ccccc1)/CCCCC1CO1. The Kier molecular flexibility index (Phi) is 3.98. The average molecular weight is 202 g/mol. The van der Waals surface area contributed by atoms with E-state index in [-0.39, 0.29) is 0 Å². The first kappa shape index (κ1) is 10.4. The number of ether oxygens (including phenoxy) is 1. The summed E-state index contributed by atoms with van der Waals surface area (Å²) in [6.07, 6.45) is 10.1. The van der Waals surface area contributed by atoms with E-state index >= 15 is 0 Å². The first-order valence-electron chi connectivity index (χ1n) is 5.78. The second kappa shape index (κ2) is 5.72. The Hall–Kier alpha value is -1.08. The molecule has 1 unspecified atom stereocenters. The molecule has 15 heavy (non-hydrogen) atoms. The number of allylic oxidation sites excluding steroid dienone is 1. The Labute approximate surface area is 91.8 Å². The van der Waals surface area contributed by atoms with Crippen molar-refractivity contribution in [2.24, 2.45) is 0 Å². The van der Waals surface area contributed by atoms with E-state index in [2.05, 4.69) is 36.4 Å². The molecule has 1 heteroatoms. The first-order chi connectivity index (χ1) is 7.45. The number of hydrogen-bond acceptors (Lipinski definition) is 1. The molecule has 1 aliphatic heterocycles. The maximum atomic E-state index is 5.17. The van der Waals surface area contributed by atoms with Crippen molar-refractivity contribution >= 4 is 6.08 Å². The zero-order chi connectivity index (χ0) is 10.3. The van der Waals surface area contributed by atoms with Crippen LogP contribution in [-0.4, -0.2) is 12.7 Å². The third-order valence-corrected chi connectivity index (χ3v) is 2.66. The van der Waals surface area contributed by atoms with Crippen molar-refractivity contribution in [3.8, 4) is 0 Å². The van der Waals surface area contributed by atoms with Gasteiger partial charge in [0.25, 0.3) is 0 Å². The summed E-state index contributed by atoms with van der Waals surface area (Å²) in [5.74, 6) is 0. The van der Waals surface area contributed by atoms with Crippen LogP contribution in [0.1, 0.15) is 31.2 Å². The van der Waals surface area contributed by atoms with Gasteiger partial charge in [-0.15, -0.1) is 0 Å². The van der Waals surface area contributed by atoms with Crippen molar-refractivity contribution < 1.29 is 4.74 Å². The summed E-state index contributed by atoms with van der Waals surface area (Å²) in [7, 11) is 0. The largest absolute Gasteiger partial charge is 0.373 e. The van der Waals surface area contributed by atoms with Crippen LogP contribution in [0.3, 0.4) is 0 Å². The Bertz CT molecular complexity index is 298. The molecule has 0 bridgehead atoms. The molecule has 0 spiro atoms. The minimum absolute atomic E-state index is 0.600. The number of rotatable bonds is 6. The number of benzene rings is 1. The molecule has 1 nitrogen and oxygen atoms in total. The van der Waals surface area contributed by atoms with Gasteiger partial charge in [-0.2, -0.15) is 0 Å². The first-order valence-corrected chi connectivity index (χ1v) is 5.78. The van der Waals surface area contributed by atoms with E-state index in [1.54, 1.807) is 0 Å². The van der Waals surface area contributed by atoms with Crippen LogP contribution in [0.4, 0.5) is 0 Å². The molecule has 1 aromatic rings. The van der Waals surface area contributed by atoms with Crippen molar-refractivity contribution in [2.45, 2.75) is 31.8 Å². The molecule has 1 saturated heterocycles. The fraction of sp³-hybridized carbons (Fsp3) is 0.429. The smallest absolute Gasteiger partial charge is 0.0810 e. The molecule has 0 aromatic heterocycles. The lowest BCUT2D eigenvalue weighted by Crippen LogP contribution is -1.84. The highest BCUT2D eigenvalue weighted by Gasteiger charge is 2.20. The van der Waals surface area contributed by atoms with E-state index in [0.29, 0.717) is 6.10 Å². The Morgan fingerprint density at radius 1 is 1.20 bits per heavy atom. The van der Waals surface area contributed by atoms with Crippen LogP contribution in [0.25, 0.3) is 6.08 Å². The van der Waals surface area contributed by atoms with Crippen molar-refractivity contribution in [2.75, 3.05) is 6.61 Å². The molecule has 1 heterocycles. The monoisotopic (exact) mass is 202 g/mol. The zero-order valence-electron chi connectivity index (χ0n) is 9.06. The summed E-state index contributed by atoms with van der Waals surface area (Å²) in [6.45, 7) is 1.000. The van der Waals surface area contributed by atoms with E-state index in [1.165, 1.54) is 31.2 Å². The average Bonchev–Trinajstić information content (AvgIpc) is 3.09. The van der Waals surface area contributed by atoms with Crippen LogP contribution < -0.4 is 0 Å². The molecule has 0 radical (unpaired) electrons. The van der Waals surface area contributed by atoms with Crippen molar-refractivity contribution in [1.82, 2.24) is 0 Å². The summed E-state index contributed by atoms with van der Waals surface area (Å²) in [5.41, 5.74) is 1.29. The van der Waals surface area contributed by atoms with Crippen LogP contribution in [0.5, 0.6) is 0 Å². The molecule has 1 fully saturated rings. The highest BCUT2D eigenvalue weighted by molar-refractivity contribution is 5.48. The molecular formula is C14H18O. The minimum atomic E-state index is 0.600. The lowest BCUT2D eigenvalue weighted by Gasteiger charge is -1.94. The quantitative estimate of drug-likeness (QED) is 0.506. The molecule has 0 saturated carbocycles. The summed E-state index contributed by atoms with van der Waals surface area (Å²) >= 11 is 0. The topological polar surface area (TPSA) is 12.5 Å². The molecule has 1 aliphatic rings. The normalized spacial score (nSPS) is 19.6. The number of epoxide rings is 1. The van der Waals surface area contributed by atoms with E-state index < -0.39 is 0 Å². The van der Waals surface area contributed by atoms with Gasteiger partial charge < -0.3 is 4.74 Å². The number of hydrogen-bond donors (Lipinski definition) is 0. The van der Waals surface area contributed by atoms with Gasteiger partial charge in [0, 0.05) is 0 Å². The Balaban J connectivity index is 1.58. The van der Waals surface area contributed by atoms with Crippen LogP contribution in [0, 0.1) is 0 Å². The maximum absolute atomic E-state index is 5.17. The van der Waals surface area contributed by atoms with Gasteiger partial charge in [0.15, 0.2) is 0 Å². The maximum Gasteiger partial charge on any atom is 0.0810 e. The summed E-state index contributed by atoms with van der Waals surface area (Å²) in [5, 5.41) is 0. The van der Waals surface area contributed by atoms with E-state index in [4.69, 9.17) is 4.74 Å². The Morgan fingerprint density at radius 3 is 2.73 bits per heavy atom. The van der Waals surface area contributed by atoms with E-state index in [9.17, 15) is 0 Å². The van der Waals surface area contributed by atoms with Crippen molar-refractivity contribution in [3.63, 3.8) is 0 Å². The highest BCUT2D eigenvalue weighted by atomic mass is 16.6. The second-order valence-corrected chi connectivity index (χ2v) is 4.05. The van der Waals surface area contributed by atoms with Crippen molar-refractivity contribution in [3.05, 3.63) is 42.0 Å². The Morgan fingerprint density at radius 2 is 2.00 bits per heavy atom. The predicted molar refractivity (Wildman–Crippen MR) is 63.7 cm³/mol. The van der Waals surface area contributed by atoms with E-state index in [0.717, 1.165) is 6.61 Å². The molecule has 0 amide bonds. The van der Waals surface area contributed by atoms with Crippen LogP contribution in [-0.2, 0) is 4.74 Å². The molecule has 1 atom stereocenters. The van der Waals surface area contributed by atoms with Crippen LogP contribution in [0.15, 0.2) is 36.4 Å². The van der Waals surface area contributed by atoms with Gasteiger partial charge in [0.2, 0.25) is 0 Å². The van der Waals surface area contributed by atoms with Gasteiger partial charge in [0.1, 0.15) is 0 Å². The summed E-state index contributed by atoms with van der Waals surface area (Å²) < 4.78 is 5.17. The van der Waals surface area contributed by atoms with Gasteiger partial charge in [-0.3, -0.25) is 0 Å². The lowest BCUT2D eigenvalue weighted by molar-refractivity contribution is 0.390. The zero-order valence-corrected chi connectivity index (χ0v) is 9.06. The lowest BCUT2D eigenvalue weighted by atomic mass is 10.1. The molecule has 0 N–H and O–H groups in total. The summed E-state index contributed by atoms with van der Waals surface area (Å²) in [6, 6.07) is 10.5. The molecule has 1 aromatic carbocycles. The van der Waals surface area contributed by atoms with Gasteiger partial charge >= 0.3 is 0 Å². The molecule has 0 aliphatic carbocycles. The number of unbranched alkanes of at least 4 members (excludes halogenated alkanes) is 2. The van der Waals surface area contributed by atoms with E-state index in [1.807, 2.05) is 6.07 Å². The van der Waals surface area contributed by atoms with Gasteiger partial charge in [-0.1, -0.05) is 48.9 Å². The van der Waals surface area contributed by atoms with Gasteiger partial charge in [0.05, 0.1) is 12.7 Å². The van der Waals surface area contributed by atoms with Crippen molar-refractivity contribution in [1.29, 1.82) is 0 Å². The minimum Gasteiger partial charge on any atom is -0.373 e. The van der Waals surface area contributed by atoms with Gasteiger partial charge in [-0.05, 0) is 24.8 Å². The standard InChI is InChI=1S/C14H18O/c1(2-7-11-14-12-15-14)4-8-13-9-5-3-6-10-13/h3-6,8-10,14H,1-2,7,11-12H2/b8-4+. The summed E-state index contributed by atoms with van der Waals surface area (Å²) in [4.78, 5) is 0. The third-order valence-electron chi connectivity index (χ3n) is 2.66. The highest BCUT2D eigenvalue weighted by Crippen LogP contribution is 2.17. The fourth-order valence-corrected chi connectivity index (χ4v) is 1.65. The molecule has 2 rings (SSSR count). The fourth-order valence-electron chi connectivity index (χ4n) is 1.65. The van der Waals surface area contributed by atoms with Crippen LogP contribution >= 0.6 is 0 Å². The second-order valence-electron chi connectivity index (χ2n) is 4.05. The van der Waals surface area contributed by atoms with Crippen LogP contribution in [0.2, 0.25) is 0 Å². The molecule has 80 valence electrons. The van der Waals surface area contributed by atoms with Gasteiger partial charge in [-0.25, -0.2) is 0 Å². The third kappa shape index (κ3) is 4.30.